The zero-order valence-corrected chi connectivity index (χ0v) is 10.2. The van der Waals surface area contributed by atoms with Crippen molar-refractivity contribution in [3.8, 4) is 0 Å². The van der Waals surface area contributed by atoms with Crippen LogP contribution >= 0.6 is 0 Å². The number of carboxylic acids is 1. The van der Waals surface area contributed by atoms with Crippen molar-refractivity contribution in [1.29, 1.82) is 0 Å². The van der Waals surface area contributed by atoms with Crippen molar-refractivity contribution < 1.29 is 18.7 Å². The third kappa shape index (κ3) is 4.07. The predicted molar refractivity (Wildman–Crippen MR) is 64.0 cm³/mol. The first-order chi connectivity index (χ1) is 8.43. The molecule has 0 radical (unpaired) electrons. The molecule has 3 N–H and O–H groups in total. The van der Waals surface area contributed by atoms with E-state index in [4.69, 9.17) is 10.8 Å². The molecule has 0 aromatic heterocycles. The Morgan fingerprint density at radius 1 is 1.39 bits per heavy atom. The molecule has 0 amide bonds. The molecule has 0 bridgehead atoms. The highest BCUT2D eigenvalue weighted by molar-refractivity contribution is 5.70. The zero-order chi connectivity index (χ0) is 13.7. The maximum Gasteiger partial charge on any atom is 0.307 e. The van der Waals surface area contributed by atoms with E-state index in [-0.39, 0.29) is 12.5 Å². The van der Waals surface area contributed by atoms with Crippen LogP contribution in [0.3, 0.4) is 0 Å². The van der Waals surface area contributed by atoms with E-state index in [2.05, 4.69) is 0 Å². The molecule has 0 heterocycles. The minimum atomic E-state index is -0.922. The molecule has 3 nitrogen and oxygen atoms in total. The Balaban J connectivity index is 2.61. The first-order valence-electron chi connectivity index (χ1n) is 5.80. The number of halogens is 2. The molecule has 0 saturated carbocycles. The topological polar surface area (TPSA) is 63.3 Å². The standard InChI is InChI=1S/C13H17F2NO2/c1-8(5-10(7-16)13(17)18)4-9-2-3-11(14)12(15)6-9/h2-3,6,8,10H,4-5,7,16H2,1H3,(H,17,18). The number of aliphatic carboxylic acids is 1. The maximum atomic E-state index is 13.0. The van der Waals surface area contributed by atoms with Crippen molar-refractivity contribution in [1.82, 2.24) is 0 Å². The molecule has 0 aliphatic rings. The molecule has 5 heteroatoms. The van der Waals surface area contributed by atoms with Crippen molar-refractivity contribution in [2.24, 2.45) is 17.6 Å². The summed E-state index contributed by atoms with van der Waals surface area (Å²) >= 11 is 0. The van der Waals surface area contributed by atoms with Crippen LogP contribution in [0.1, 0.15) is 18.9 Å². The van der Waals surface area contributed by atoms with Gasteiger partial charge in [-0.05, 0) is 36.5 Å². The maximum absolute atomic E-state index is 13.0. The molecule has 2 unspecified atom stereocenters. The molecule has 0 aliphatic carbocycles. The fraction of sp³-hybridized carbons (Fsp3) is 0.462. The summed E-state index contributed by atoms with van der Waals surface area (Å²) in [6.07, 6.45) is 0.922. The minimum absolute atomic E-state index is 0.0412. The summed E-state index contributed by atoms with van der Waals surface area (Å²) < 4.78 is 25.7. The largest absolute Gasteiger partial charge is 0.481 e. The van der Waals surface area contributed by atoms with Gasteiger partial charge < -0.3 is 10.8 Å². The smallest absolute Gasteiger partial charge is 0.307 e. The SMILES string of the molecule is CC(Cc1ccc(F)c(F)c1)CC(CN)C(=O)O. The van der Waals surface area contributed by atoms with Crippen molar-refractivity contribution in [3.63, 3.8) is 0 Å². The average molecular weight is 257 g/mol. The van der Waals surface area contributed by atoms with Crippen LogP contribution in [-0.4, -0.2) is 17.6 Å². The van der Waals surface area contributed by atoms with Crippen molar-refractivity contribution in [3.05, 3.63) is 35.4 Å². The second kappa shape index (κ2) is 6.44. The Bertz CT molecular complexity index is 423. The van der Waals surface area contributed by atoms with Gasteiger partial charge in [0, 0.05) is 6.54 Å². The normalized spacial score (nSPS) is 14.2. The summed E-state index contributed by atoms with van der Waals surface area (Å²) in [6.45, 7) is 1.95. The summed E-state index contributed by atoms with van der Waals surface area (Å²) in [7, 11) is 0. The molecular weight excluding hydrogens is 240 g/mol. The van der Waals surface area contributed by atoms with Gasteiger partial charge in [-0.25, -0.2) is 8.78 Å². The number of carboxylic acid groups (broad SMARTS) is 1. The third-order valence-corrected chi connectivity index (χ3v) is 2.89. The first kappa shape index (κ1) is 14.6. The fourth-order valence-corrected chi connectivity index (χ4v) is 1.94. The van der Waals surface area contributed by atoms with Gasteiger partial charge in [0.05, 0.1) is 5.92 Å². The summed E-state index contributed by atoms with van der Waals surface area (Å²) in [5.41, 5.74) is 6.02. The number of hydrogen-bond donors (Lipinski definition) is 2. The molecule has 1 rings (SSSR count). The van der Waals surface area contributed by atoms with E-state index < -0.39 is 23.5 Å². The molecule has 100 valence electrons. The number of rotatable bonds is 6. The quantitative estimate of drug-likeness (QED) is 0.821. The van der Waals surface area contributed by atoms with Crippen LogP contribution in [0.15, 0.2) is 18.2 Å². The van der Waals surface area contributed by atoms with Crippen LogP contribution in [0.5, 0.6) is 0 Å². The van der Waals surface area contributed by atoms with Gasteiger partial charge in [0.25, 0.3) is 0 Å². The summed E-state index contributed by atoms with van der Waals surface area (Å²) in [5.74, 6) is -3.23. The summed E-state index contributed by atoms with van der Waals surface area (Å²) in [4.78, 5) is 10.8. The van der Waals surface area contributed by atoms with E-state index in [9.17, 15) is 13.6 Å². The lowest BCUT2D eigenvalue weighted by atomic mass is 9.91. The molecular formula is C13H17F2NO2. The molecule has 1 aromatic carbocycles. The fourth-order valence-electron chi connectivity index (χ4n) is 1.94. The van der Waals surface area contributed by atoms with Gasteiger partial charge in [-0.2, -0.15) is 0 Å². The second-order valence-electron chi connectivity index (χ2n) is 4.56. The van der Waals surface area contributed by atoms with Gasteiger partial charge in [0.15, 0.2) is 11.6 Å². The molecule has 0 aliphatic heterocycles. The van der Waals surface area contributed by atoms with Crippen LogP contribution in [0.2, 0.25) is 0 Å². The van der Waals surface area contributed by atoms with Crippen molar-refractivity contribution in [2.75, 3.05) is 6.54 Å². The Hall–Kier alpha value is -1.49. The van der Waals surface area contributed by atoms with E-state index in [0.29, 0.717) is 18.4 Å². The monoisotopic (exact) mass is 257 g/mol. The molecule has 18 heavy (non-hydrogen) atoms. The highest BCUT2D eigenvalue weighted by Gasteiger charge is 2.19. The van der Waals surface area contributed by atoms with Crippen molar-refractivity contribution in [2.45, 2.75) is 19.8 Å². The molecule has 0 spiro atoms. The van der Waals surface area contributed by atoms with E-state index in [0.717, 1.165) is 12.1 Å². The Labute approximate surface area is 105 Å². The van der Waals surface area contributed by atoms with Gasteiger partial charge in [-0.15, -0.1) is 0 Å². The summed E-state index contributed by atoms with van der Waals surface area (Å²) in [6, 6.07) is 3.73. The predicted octanol–water partition coefficient (Wildman–Crippen LogP) is 2.19. The number of hydrogen-bond acceptors (Lipinski definition) is 2. The lowest BCUT2D eigenvalue weighted by Crippen LogP contribution is -2.25. The number of benzene rings is 1. The number of nitrogens with two attached hydrogens (primary N) is 1. The summed E-state index contributed by atoms with van der Waals surface area (Å²) in [5, 5.41) is 8.88. The molecule has 2 atom stereocenters. The van der Waals surface area contributed by atoms with Crippen LogP contribution in [0, 0.1) is 23.5 Å². The second-order valence-corrected chi connectivity index (χ2v) is 4.56. The molecule has 0 saturated heterocycles. The van der Waals surface area contributed by atoms with Crippen LogP contribution < -0.4 is 5.73 Å². The van der Waals surface area contributed by atoms with Gasteiger partial charge in [-0.3, -0.25) is 4.79 Å². The van der Waals surface area contributed by atoms with E-state index in [1.165, 1.54) is 6.07 Å². The van der Waals surface area contributed by atoms with Crippen LogP contribution in [0.4, 0.5) is 8.78 Å². The van der Waals surface area contributed by atoms with Gasteiger partial charge in [-0.1, -0.05) is 13.0 Å². The highest BCUT2D eigenvalue weighted by Crippen LogP contribution is 2.18. The van der Waals surface area contributed by atoms with E-state index in [1.807, 2.05) is 6.92 Å². The van der Waals surface area contributed by atoms with Crippen LogP contribution in [-0.2, 0) is 11.2 Å². The van der Waals surface area contributed by atoms with Gasteiger partial charge in [0.2, 0.25) is 0 Å². The lowest BCUT2D eigenvalue weighted by molar-refractivity contribution is -0.141. The Morgan fingerprint density at radius 2 is 2.06 bits per heavy atom. The van der Waals surface area contributed by atoms with Gasteiger partial charge >= 0.3 is 5.97 Å². The van der Waals surface area contributed by atoms with E-state index >= 15 is 0 Å². The Kier molecular flexibility index (Phi) is 5.22. The van der Waals surface area contributed by atoms with Crippen LogP contribution in [0.25, 0.3) is 0 Å². The molecule has 0 fully saturated rings. The lowest BCUT2D eigenvalue weighted by Gasteiger charge is -2.16. The number of carbonyl (C=O) groups is 1. The molecule has 1 aromatic rings. The van der Waals surface area contributed by atoms with Gasteiger partial charge in [0.1, 0.15) is 0 Å². The van der Waals surface area contributed by atoms with E-state index in [1.54, 1.807) is 0 Å². The first-order valence-corrected chi connectivity index (χ1v) is 5.80. The minimum Gasteiger partial charge on any atom is -0.481 e. The third-order valence-electron chi connectivity index (χ3n) is 2.89. The highest BCUT2D eigenvalue weighted by atomic mass is 19.2. The average Bonchev–Trinajstić information content (AvgIpc) is 2.30. The zero-order valence-electron chi connectivity index (χ0n) is 10.2. The van der Waals surface area contributed by atoms with Crippen molar-refractivity contribution >= 4 is 5.97 Å². The Morgan fingerprint density at radius 3 is 2.56 bits per heavy atom.